The molecule has 4 rings (SSSR count). The minimum atomic E-state index is -0.408. The average Bonchev–Trinajstić information content (AvgIpc) is 3.32. The molecule has 0 amide bonds. The number of hydrogen-bond acceptors (Lipinski definition) is 13. The van der Waals surface area contributed by atoms with Crippen molar-refractivity contribution in [1.29, 1.82) is 0 Å². The molecule has 2 aromatic heterocycles. The first-order chi connectivity index (χ1) is 19.3. The number of rotatable bonds is 12. The van der Waals surface area contributed by atoms with Gasteiger partial charge in [0.15, 0.2) is 16.6 Å². The highest BCUT2D eigenvalue weighted by Crippen LogP contribution is 2.39. The molecule has 1 fully saturated rings. The third kappa shape index (κ3) is 7.02. The number of carbonyl (C=O) groups excluding carboxylic acids is 1. The lowest BCUT2D eigenvalue weighted by molar-refractivity contribution is 0.0237. The van der Waals surface area contributed by atoms with Gasteiger partial charge in [-0.3, -0.25) is 5.32 Å². The van der Waals surface area contributed by atoms with Gasteiger partial charge in [-0.2, -0.15) is 9.97 Å². The van der Waals surface area contributed by atoms with Crippen molar-refractivity contribution >= 4 is 34.2 Å². The minimum Gasteiger partial charge on any atom is -0.493 e. The van der Waals surface area contributed by atoms with Crippen LogP contribution in [0.15, 0.2) is 18.2 Å². The lowest BCUT2D eigenvalue weighted by Crippen LogP contribution is -2.26. The molecule has 0 spiro atoms. The fourth-order valence-electron chi connectivity index (χ4n) is 4.20. The molecular formula is C27H35N5O7S. The maximum absolute atomic E-state index is 12.3. The fraction of sp³-hybridized carbons (Fsp3) is 0.481. The monoisotopic (exact) mass is 573 g/mol. The number of anilines is 3. The second kappa shape index (κ2) is 13.5. The predicted molar refractivity (Wildman–Crippen MR) is 151 cm³/mol. The number of nitrogens with zero attached hydrogens (tertiary/aromatic N) is 4. The lowest BCUT2D eigenvalue weighted by atomic mass is 10.1. The Bertz CT molecular complexity index is 1290. The molecule has 3 aromatic rings. The van der Waals surface area contributed by atoms with Gasteiger partial charge in [0, 0.05) is 32.5 Å². The van der Waals surface area contributed by atoms with E-state index in [0.29, 0.717) is 70.4 Å². The van der Waals surface area contributed by atoms with Gasteiger partial charge >= 0.3 is 5.97 Å². The molecule has 0 saturated carbocycles. The molecule has 1 saturated heterocycles. The number of aryl methyl sites for hydroxylation is 1. The zero-order valence-electron chi connectivity index (χ0n) is 23.6. The molecule has 0 atom stereocenters. The highest BCUT2D eigenvalue weighted by Gasteiger charge is 2.21. The maximum atomic E-state index is 12.3. The topological polar surface area (TPSA) is 126 Å². The van der Waals surface area contributed by atoms with Gasteiger partial charge in [0.2, 0.25) is 17.6 Å². The van der Waals surface area contributed by atoms with E-state index in [2.05, 4.69) is 15.3 Å². The SMILES string of the molecule is CCOC(=O)c1sc(Nc2nc(OC3CCOCC3)cc(N(C)Cc3cc(OC)c(OC)c(OC)c3)n2)nc1C. The fourth-order valence-corrected chi connectivity index (χ4v) is 5.06. The van der Waals surface area contributed by atoms with Crippen molar-refractivity contribution in [1.82, 2.24) is 15.0 Å². The number of nitrogens with one attached hydrogen (secondary N) is 1. The van der Waals surface area contributed by atoms with Gasteiger partial charge in [0.1, 0.15) is 16.8 Å². The quantitative estimate of drug-likeness (QED) is 0.309. The first-order valence-corrected chi connectivity index (χ1v) is 13.7. The van der Waals surface area contributed by atoms with E-state index in [1.807, 2.05) is 24.1 Å². The molecule has 0 bridgehead atoms. The third-order valence-corrected chi connectivity index (χ3v) is 7.21. The van der Waals surface area contributed by atoms with E-state index in [-0.39, 0.29) is 12.7 Å². The molecular weight excluding hydrogens is 538 g/mol. The van der Waals surface area contributed by atoms with Crippen LogP contribution in [0, 0.1) is 6.92 Å². The van der Waals surface area contributed by atoms with Crippen LogP contribution in [0.25, 0.3) is 0 Å². The standard InChI is InChI=1S/C27H35N5O7S/c1-7-38-25(33)24-16(2)28-27(40-24)31-26-29-21(14-22(30-26)39-18-8-10-37-11-9-18)32(3)15-17-12-19(34-4)23(36-6)20(13-17)35-5/h12-14,18H,7-11,15H2,1-6H3,(H,28,29,30,31). The first kappa shape index (κ1) is 29.2. The van der Waals surface area contributed by atoms with Crippen LogP contribution in [-0.4, -0.2) is 75.2 Å². The van der Waals surface area contributed by atoms with E-state index in [0.717, 1.165) is 18.4 Å². The number of benzene rings is 1. The van der Waals surface area contributed by atoms with Crippen LogP contribution in [0.4, 0.5) is 16.9 Å². The van der Waals surface area contributed by atoms with Crippen LogP contribution in [-0.2, 0) is 16.0 Å². The number of methoxy groups -OCH3 is 3. The van der Waals surface area contributed by atoms with Crippen LogP contribution in [0.2, 0.25) is 0 Å². The molecule has 40 heavy (non-hydrogen) atoms. The number of ether oxygens (including phenoxy) is 6. The Morgan fingerprint density at radius 2 is 1.77 bits per heavy atom. The van der Waals surface area contributed by atoms with E-state index in [4.69, 9.17) is 33.4 Å². The normalized spacial score (nSPS) is 13.4. The van der Waals surface area contributed by atoms with Gasteiger partial charge in [-0.25, -0.2) is 9.78 Å². The molecule has 13 heteroatoms. The van der Waals surface area contributed by atoms with E-state index < -0.39 is 5.97 Å². The van der Waals surface area contributed by atoms with Crippen molar-refractivity contribution in [3.63, 3.8) is 0 Å². The summed E-state index contributed by atoms with van der Waals surface area (Å²) in [5.41, 5.74) is 1.49. The van der Waals surface area contributed by atoms with Gasteiger partial charge in [0.05, 0.1) is 46.8 Å². The number of thiazole rings is 1. The van der Waals surface area contributed by atoms with Crippen molar-refractivity contribution in [2.75, 3.05) is 58.4 Å². The van der Waals surface area contributed by atoms with Crippen LogP contribution in [0.1, 0.15) is 40.7 Å². The molecule has 0 aliphatic carbocycles. The Morgan fingerprint density at radius 3 is 2.40 bits per heavy atom. The molecule has 3 heterocycles. The highest BCUT2D eigenvalue weighted by molar-refractivity contribution is 7.17. The van der Waals surface area contributed by atoms with E-state index >= 15 is 0 Å². The van der Waals surface area contributed by atoms with Crippen LogP contribution in [0.5, 0.6) is 23.1 Å². The minimum absolute atomic E-state index is 0.0118. The molecule has 216 valence electrons. The van der Waals surface area contributed by atoms with Gasteiger partial charge in [0.25, 0.3) is 0 Å². The van der Waals surface area contributed by atoms with E-state index in [1.165, 1.54) is 11.3 Å². The zero-order chi connectivity index (χ0) is 28.6. The summed E-state index contributed by atoms with van der Waals surface area (Å²) in [4.78, 5) is 28.4. The van der Waals surface area contributed by atoms with Crippen LogP contribution < -0.4 is 29.2 Å². The molecule has 0 unspecified atom stereocenters. The Hall–Kier alpha value is -3.84. The molecule has 1 aliphatic rings. The Morgan fingerprint density at radius 1 is 1.07 bits per heavy atom. The summed E-state index contributed by atoms with van der Waals surface area (Å²) in [6.07, 6.45) is 1.54. The molecule has 1 aromatic carbocycles. The smallest absolute Gasteiger partial charge is 0.350 e. The van der Waals surface area contributed by atoms with Crippen LogP contribution in [0.3, 0.4) is 0 Å². The number of esters is 1. The molecule has 1 N–H and O–H groups in total. The van der Waals surface area contributed by atoms with E-state index in [9.17, 15) is 4.79 Å². The second-order valence-corrected chi connectivity index (χ2v) is 9.99. The zero-order valence-corrected chi connectivity index (χ0v) is 24.4. The summed E-state index contributed by atoms with van der Waals surface area (Å²) in [6.45, 7) is 5.58. The highest BCUT2D eigenvalue weighted by atomic mass is 32.1. The average molecular weight is 574 g/mol. The van der Waals surface area contributed by atoms with Gasteiger partial charge < -0.3 is 33.3 Å². The van der Waals surface area contributed by atoms with Crippen molar-refractivity contribution < 1.29 is 33.2 Å². The summed E-state index contributed by atoms with van der Waals surface area (Å²) < 4.78 is 33.3. The maximum Gasteiger partial charge on any atom is 0.350 e. The molecule has 0 radical (unpaired) electrons. The number of aromatic nitrogens is 3. The molecule has 12 nitrogen and oxygen atoms in total. The van der Waals surface area contributed by atoms with E-state index in [1.54, 1.807) is 41.2 Å². The number of carbonyl (C=O) groups is 1. The van der Waals surface area contributed by atoms with Crippen molar-refractivity contribution in [3.05, 3.63) is 34.3 Å². The predicted octanol–water partition coefficient (Wildman–Crippen LogP) is 4.38. The van der Waals surface area contributed by atoms with Crippen molar-refractivity contribution in [3.8, 4) is 23.1 Å². The summed E-state index contributed by atoms with van der Waals surface area (Å²) in [7, 11) is 6.66. The Balaban J connectivity index is 1.63. The summed E-state index contributed by atoms with van der Waals surface area (Å²) in [5.74, 6) is 2.58. The summed E-state index contributed by atoms with van der Waals surface area (Å²) in [5, 5.41) is 3.61. The van der Waals surface area contributed by atoms with Gasteiger partial charge in [-0.1, -0.05) is 11.3 Å². The molecule has 1 aliphatic heterocycles. The van der Waals surface area contributed by atoms with Gasteiger partial charge in [-0.05, 0) is 31.5 Å². The Kier molecular flexibility index (Phi) is 9.83. The van der Waals surface area contributed by atoms with Crippen LogP contribution >= 0.6 is 11.3 Å². The largest absolute Gasteiger partial charge is 0.493 e. The summed E-state index contributed by atoms with van der Waals surface area (Å²) in [6, 6.07) is 5.59. The summed E-state index contributed by atoms with van der Waals surface area (Å²) >= 11 is 1.19. The van der Waals surface area contributed by atoms with Crippen molar-refractivity contribution in [2.24, 2.45) is 0 Å². The lowest BCUT2D eigenvalue weighted by Gasteiger charge is -2.24. The third-order valence-electron chi connectivity index (χ3n) is 6.16. The van der Waals surface area contributed by atoms with Crippen molar-refractivity contribution in [2.45, 2.75) is 39.3 Å². The van der Waals surface area contributed by atoms with Gasteiger partial charge in [-0.15, -0.1) is 0 Å². The second-order valence-electron chi connectivity index (χ2n) is 8.99. The number of hydrogen-bond donors (Lipinski definition) is 1. The first-order valence-electron chi connectivity index (χ1n) is 12.9. The Labute approximate surface area is 237 Å².